The molecule has 1 N–H and O–H groups in total. The van der Waals surface area contributed by atoms with Crippen LogP contribution in [-0.4, -0.2) is 4.98 Å². The highest BCUT2D eigenvalue weighted by atomic mass is 79.9. The monoisotopic (exact) mass is 372 g/mol. The first kappa shape index (κ1) is 15.8. The summed E-state index contributed by atoms with van der Waals surface area (Å²) in [6.07, 6.45) is 0. The van der Waals surface area contributed by atoms with Crippen LogP contribution in [0.25, 0.3) is 0 Å². The number of thiazole rings is 1. The van der Waals surface area contributed by atoms with Crippen molar-refractivity contribution in [3.63, 3.8) is 0 Å². The summed E-state index contributed by atoms with van der Waals surface area (Å²) < 4.78 is 1.02. The number of aryl methyl sites for hydroxylation is 1. The molecule has 20 heavy (non-hydrogen) atoms. The molecule has 0 unspecified atom stereocenters. The molecule has 0 saturated carbocycles. The minimum Gasteiger partial charge on any atom is -0.378 e. The number of rotatable bonds is 3. The first-order valence-corrected chi connectivity index (χ1v) is 8.47. The Morgan fingerprint density at radius 2 is 2.05 bits per heavy atom. The minimum atomic E-state index is 0.108. The third-order valence-electron chi connectivity index (χ3n) is 2.90. The molecule has 1 aromatic carbocycles. The van der Waals surface area contributed by atoms with E-state index >= 15 is 0 Å². The van der Waals surface area contributed by atoms with Gasteiger partial charge in [0.05, 0.1) is 22.9 Å². The molecular weight excluding hydrogens is 356 g/mol. The first-order chi connectivity index (χ1) is 9.27. The molecule has 0 aliphatic carbocycles. The summed E-state index contributed by atoms with van der Waals surface area (Å²) in [6.45, 7) is 9.23. The molecule has 0 radical (unpaired) electrons. The summed E-state index contributed by atoms with van der Waals surface area (Å²) >= 11 is 11.4. The highest BCUT2D eigenvalue weighted by Crippen LogP contribution is 2.30. The Balaban J connectivity index is 2.09. The van der Waals surface area contributed by atoms with Crippen molar-refractivity contribution >= 4 is 44.6 Å². The predicted octanol–water partition coefficient (Wildman–Crippen LogP) is 5.78. The van der Waals surface area contributed by atoms with E-state index in [1.807, 2.05) is 19.1 Å². The zero-order valence-corrected chi connectivity index (χ0v) is 15.2. The van der Waals surface area contributed by atoms with E-state index in [2.05, 4.69) is 52.4 Å². The van der Waals surface area contributed by atoms with E-state index in [1.54, 1.807) is 11.3 Å². The van der Waals surface area contributed by atoms with Crippen LogP contribution in [0.5, 0.6) is 0 Å². The van der Waals surface area contributed by atoms with Gasteiger partial charge in [0.15, 0.2) is 0 Å². The smallest absolute Gasteiger partial charge is 0.0982 e. The summed E-state index contributed by atoms with van der Waals surface area (Å²) in [6, 6.07) is 3.96. The summed E-state index contributed by atoms with van der Waals surface area (Å²) in [4.78, 5) is 4.67. The molecule has 2 aromatic rings. The number of anilines is 1. The highest BCUT2D eigenvalue weighted by Gasteiger charge is 2.17. The van der Waals surface area contributed by atoms with Crippen molar-refractivity contribution in [3.8, 4) is 0 Å². The Labute approximate surface area is 137 Å². The van der Waals surface area contributed by atoms with Gasteiger partial charge < -0.3 is 5.32 Å². The number of benzene rings is 1. The number of hydrogen-bond acceptors (Lipinski definition) is 3. The number of halogens is 2. The SMILES string of the molecule is Cc1cc(Br)c(NCc2csc(C(C)(C)C)n2)cc1Cl. The van der Waals surface area contributed by atoms with Crippen molar-refractivity contribution in [3.05, 3.63) is 43.3 Å². The Morgan fingerprint density at radius 3 is 2.65 bits per heavy atom. The van der Waals surface area contributed by atoms with Crippen LogP contribution < -0.4 is 5.32 Å². The number of aromatic nitrogens is 1. The van der Waals surface area contributed by atoms with Gasteiger partial charge in [0, 0.05) is 20.3 Å². The molecule has 0 saturated heterocycles. The number of nitrogens with zero attached hydrogens (tertiary/aromatic N) is 1. The van der Waals surface area contributed by atoms with Gasteiger partial charge in [-0.05, 0) is 40.5 Å². The standard InChI is InChI=1S/C15H18BrClN2S/c1-9-5-11(16)13(6-12(9)17)18-7-10-8-20-14(19-10)15(2,3)4/h5-6,8,18H,7H2,1-4H3. The van der Waals surface area contributed by atoms with Crippen LogP contribution in [0.2, 0.25) is 5.02 Å². The van der Waals surface area contributed by atoms with E-state index in [0.717, 1.165) is 31.4 Å². The Kier molecular flexibility index (Phi) is 4.77. The molecular formula is C15H18BrClN2S. The molecule has 0 atom stereocenters. The summed E-state index contributed by atoms with van der Waals surface area (Å²) in [7, 11) is 0. The molecule has 0 fully saturated rings. The van der Waals surface area contributed by atoms with Gasteiger partial charge in [-0.3, -0.25) is 0 Å². The van der Waals surface area contributed by atoms with E-state index in [0.29, 0.717) is 6.54 Å². The summed E-state index contributed by atoms with van der Waals surface area (Å²) in [5.74, 6) is 0. The van der Waals surface area contributed by atoms with E-state index < -0.39 is 0 Å². The minimum absolute atomic E-state index is 0.108. The normalized spacial score (nSPS) is 11.7. The van der Waals surface area contributed by atoms with Crippen LogP contribution in [-0.2, 0) is 12.0 Å². The molecule has 1 heterocycles. The van der Waals surface area contributed by atoms with Crippen LogP contribution in [0.1, 0.15) is 37.0 Å². The maximum Gasteiger partial charge on any atom is 0.0982 e. The summed E-state index contributed by atoms with van der Waals surface area (Å²) in [5, 5.41) is 7.41. The molecule has 1 aromatic heterocycles. The van der Waals surface area contributed by atoms with Gasteiger partial charge in [-0.1, -0.05) is 32.4 Å². The molecule has 0 spiro atoms. The fraction of sp³-hybridized carbons (Fsp3) is 0.400. The van der Waals surface area contributed by atoms with Gasteiger partial charge in [-0.25, -0.2) is 4.98 Å². The quantitative estimate of drug-likeness (QED) is 0.738. The fourth-order valence-electron chi connectivity index (χ4n) is 1.70. The maximum atomic E-state index is 6.16. The molecule has 0 aliphatic heterocycles. The average Bonchev–Trinajstić information content (AvgIpc) is 2.80. The van der Waals surface area contributed by atoms with E-state index in [4.69, 9.17) is 11.6 Å². The van der Waals surface area contributed by atoms with Gasteiger partial charge >= 0.3 is 0 Å². The van der Waals surface area contributed by atoms with Crippen LogP contribution >= 0.6 is 38.9 Å². The Hall–Kier alpha value is -0.580. The van der Waals surface area contributed by atoms with Gasteiger partial charge in [0.2, 0.25) is 0 Å². The van der Waals surface area contributed by atoms with Gasteiger partial charge in [-0.15, -0.1) is 11.3 Å². The molecule has 2 rings (SSSR count). The van der Waals surface area contributed by atoms with Gasteiger partial charge in [0.25, 0.3) is 0 Å². The maximum absolute atomic E-state index is 6.16. The largest absolute Gasteiger partial charge is 0.378 e. The van der Waals surface area contributed by atoms with Crippen LogP contribution in [0.4, 0.5) is 5.69 Å². The second-order valence-corrected chi connectivity index (χ2v) is 7.95. The zero-order valence-electron chi connectivity index (χ0n) is 12.1. The van der Waals surface area contributed by atoms with Crippen molar-refractivity contribution in [1.82, 2.24) is 4.98 Å². The van der Waals surface area contributed by atoms with E-state index in [1.165, 1.54) is 0 Å². The lowest BCUT2D eigenvalue weighted by atomic mass is 9.98. The van der Waals surface area contributed by atoms with E-state index in [-0.39, 0.29) is 5.41 Å². The second-order valence-electron chi connectivity index (χ2n) is 5.83. The van der Waals surface area contributed by atoms with Crippen molar-refractivity contribution in [2.45, 2.75) is 39.7 Å². The lowest BCUT2D eigenvalue weighted by Crippen LogP contribution is -2.11. The fourth-order valence-corrected chi connectivity index (χ4v) is 3.37. The third kappa shape index (κ3) is 3.74. The highest BCUT2D eigenvalue weighted by molar-refractivity contribution is 9.10. The second kappa shape index (κ2) is 6.04. The van der Waals surface area contributed by atoms with Crippen LogP contribution in [0.3, 0.4) is 0 Å². The van der Waals surface area contributed by atoms with Crippen LogP contribution in [0.15, 0.2) is 22.0 Å². The van der Waals surface area contributed by atoms with Crippen LogP contribution in [0, 0.1) is 6.92 Å². The number of nitrogens with one attached hydrogen (secondary N) is 1. The first-order valence-electron chi connectivity index (χ1n) is 6.42. The van der Waals surface area contributed by atoms with Crippen molar-refractivity contribution in [2.24, 2.45) is 0 Å². The predicted molar refractivity (Wildman–Crippen MR) is 92.0 cm³/mol. The van der Waals surface area contributed by atoms with Gasteiger partial charge in [-0.2, -0.15) is 0 Å². The average molecular weight is 374 g/mol. The lowest BCUT2D eigenvalue weighted by molar-refractivity contribution is 0.583. The summed E-state index contributed by atoms with van der Waals surface area (Å²) in [5.41, 5.74) is 3.22. The van der Waals surface area contributed by atoms with Crippen molar-refractivity contribution < 1.29 is 0 Å². The molecule has 0 aliphatic rings. The number of hydrogen-bond donors (Lipinski definition) is 1. The molecule has 108 valence electrons. The molecule has 0 amide bonds. The topological polar surface area (TPSA) is 24.9 Å². The van der Waals surface area contributed by atoms with Crippen molar-refractivity contribution in [2.75, 3.05) is 5.32 Å². The Morgan fingerprint density at radius 1 is 1.35 bits per heavy atom. The molecule has 0 bridgehead atoms. The zero-order chi connectivity index (χ0) is 14.9. The molecule has 2 nitrogen and oxygen atoms in total. The third-order valence-corrected chi connectivity index (χ3v) is 5.28. The molecule has 5 heteroatoms. The lowest BCUT2D eigenvalue weighted by Gasteiger charge is -2.13. The van der Waals surface area contributed by atoms with Gasteiger partial charge in [0.1, 0.15) is 0 Å². The van der Waals surface area contributed by atoms with Crippen molar-refractivity contribution in [1.29, 1.82) is 0 Å². The Bertz CT molecular complexity index is 617. The van der Waals surface area contributed by atoms with E-state index in [9.17, 15) is 0 Å².